The van der Waals surface area contributed by atoms with Crippen LogP contribution in [-0.2, 0) is 11.4 Å². The van der Waals surface area contributed by atoms with Gasteiger partial charge in [-0.05, 0) is 60.2 Å². The summed E-state index contributed by atoms with van der Waals surface area (Å²) in [6.07, 6.45) is 1.73. The normalized spacial score (nSPS) is 16.3. The molecule has 0 aromatic heterocycles. The van der Waals surface area contributed by atoms with E-state index in [2.05, 4.69) is 4.99 Å². The maximum atomic E-state index is 12.4. The van der Waals surface area contributed by atoms with E-state index in [1.807, 2.05) is 6.92 Å². The summed E-state index contributed by atoms with van der Waals surface area (Å²) in [5.74, 6) is 0.664. The van der Waals surface area contributed by atoms with Crippen LogP contribution in [0.25, 0.3) is 6.08 Å². The SMILES string of the molecule is CCOc1cc(/C=C2/SC(=NC)N(C)C2=O)cc(Cl)c1OCc1ccc([N+](=O)[O-])cc1. The number of halogens is 1. The van der Waals surface area contributed by atoms with Gasteiger partial charge in [0.05, 0.1) is 21.5 Å². The lowest BCUT2D eigenvalue weighted by atomic mass is 10.1. The third kappa shape index (κ3) is 5.18. The van der Waals surface area contributed by atoms with Gasteiger partial charge in [-0.25, -0.2) is 0 Å². The van der Waals surface area contributed by atoms with E-state index in [0.717, 1.165) is 5.56 Å². The summed E-state index contributed by atoms with van der Waals surface area (Å²) in [5.41, 5.74) is 1.45. The fraction of sp³-hybridized carbons (Fsp3) is 0.238. The molecule has 1 aliphatic heterocycles. The first-order chi connectivity index (χ1) is 14.8. The minimum Gasteiger partial charge on any atom is -0.490 e. The van der Waals surface area contributed by atoms with Crippen molar-refractivity contribution in [1.82, 2.24) is 4.90 Å². The second kappa shape index (κ2) is 9.84. The van der Waals surface area contributed by atoms with Crippen molar-refractivity contribution in [2.45, 2.75) is 13.5 Å². The van der Waals surface area contributed by atoms with Crippen molar-refractivity contribution in [3.63, 3.8) is 0 Å². The molecule has 0 bridgehead atoms. The van der Waals surface area contributed by atoms with E-state index >= 15 is 0 Å². The predicted octanol–water partition coefficient (Wildman–Crippen LogP) is 4.76. The molecule has 0 saturated carbocycles. The van der Waals surface area contributed by atoms with E-state index < -0.39 is 4.92 Å². The Morgan fingerprint density at radius 3 is 2.55 bits per heavy atom. The molecule has 1 fully saturated rings. The zero-order valence-corrected chi connectivity index (χ0v) is 18.7. The molecule has 2 aromatic carbocycles. The van der Waals surface area contributed by atoms with E-state index in [0.29, 0.717) is 38.8 Å². The first-order valence-electron chi connectivity index (χ1n) is 9.31. The molecule has 1 heterocycles. The number of carbonyl (C=O) groups is 1. The van der Waals surface area contributed by atoms with Crippen molar-refractivity contribution in [2.75, 3.05) is 20.7 Å². The number of nitrogens with zero attached hydrogens (tertiary/aromatic N) is 3. The summed E-state index contributed by atoms with van der Waals surface area (Å²) in [6.45, 7) is 2.40. The summed E-state index contributed by atoms with van der Waals surface area (Å²) < 4.78 is 11.6. The van der Waals surface area contributed by atoms with Crippen LogP contribution in [0.3, 0.4) is 0 Å². The average molecular weight is 462 g/mol. The van der Waals surface area contributed by atoms with Crippen molar-refractivity contribution >= 4 is 46.2 Å². The lowest BCUT2D eigenvalue weighted by Crippen LogP contribution is -2.23. The Bertz CT molecular complexity index is 1070. The number of carbonyl (C=O) groups excluding carboxylic acids is 1. The van der Waals surface area contributed by atoms with Crippen molar-refractivity contribution in [3.8, 4) is 11.5 Å². The molecule has 1 aliphatic rings. The van der Waals surface area contributed by atoms with Gasteiger partial charge in [-0.15, -0.1) is 0 Å². The summed E-state index contributed by atoms with van der Waals surface area (Å²) in [4.78, 5) is 28.8. The molecule has 3 rings (SSSR count). The number of non-ortho nitro benzene ring substituents is 1. The van der Waals surface area contributed by atoms with Crippen LogP contribution in [0.2, 0.25) is 5.02 Å². The third-order valence-corrected chi connectivity index (χ3v) is 5.79. The second-order valence-corrected chi connectivity index (χ2v) is 7.87. The molecule has 8 nitrogen and oxygen atoms in total. The highest BCUT2D eigenvalue weighted by Crippen LogP contribution is 2.39. The average Bonchev–Trinajstić information content (AvgIpc) is 3.01. The van der Waals surface area contributed by atoms with Gasteiger partial charge in [0, 0.05) is 26.2 Å². The van der Waals surface area contributed by atoms with E-state index in [1.54, 1.807) is 44.4 Å². The van der Waals surface area contributed by atoms with E-state index in [4.69, 9.17) is 21.1 Å². The second-order valence-electron chi connectivity index (χ2n) is 6.46. The molecular weight excluding hydrogens is 442 g/mol. The van der Waals surface area contributed by atoms with Crippen LogP contribution in [0.15, 0.2) is 46.3 Å². The fourth-order valence-corrected chi connectivity index (χ4v) is 4.05. The van der Waals surface area contributed by atoms with Gasteiger partial charge in [0.1, 0.15) is 6.61 Å². The molecule has 2 aromatic rings. The van der Waals surface area contributed by atoms with Crippen molar-refractivity contribution in [3.05, 3.63) is 67.6 Å². The van der Waals surface area contributed by atoms with Crippen LogP contribution in [0.5, 0.6) is 11.5 Å². The number of amides is 1. The molecule has 0 spiro atoms. The van der Waals surface area contributed by atoms with Crippen molar-refractivity contribution in [2.24, 2.45) is 4.99 Å². The number of nitro benzene ring substituents is 1. The zero-order valence-electron chi connectivity index (χ0n) is 17.1. The van der Waals surface area contributed by atoms with Gasteiger partial charge in [0.15, 0.2) is 16.7 Å². The van der Waals surface area contributed by atoms with Crippen LogP contribution < -0.4 is 9.47 Å². The van der Waals surface area contributed by atoms with Crippen LogP contribution >= 0.6 is 23.4 Å². The van der Waals surface area contributed by atoms with E-state index in [1.165, 1.54) is 28.8 Å². The largest absolute Gasteiger partial charge is 0.490 e. The van der Waals surface area contributed by atoms with Gasteiger partial charge < -0.3 is 9.47 Å². The molecule has 162 valence electrons. The van der Waals surface area contributed by atoms with Crippen molar-refractivity contribution in [1.29, 1.82) is 0 Å². The highest BCUT2D eigenvalue weighted by Gasteiger charge is 2.29. The van der Waals surface area contributed by atoms with Gasteiger partial charge >= 0.3 is 0 Å². The molecule has 1 saturated heterocycles. The molecule has 31 heavy (non-hydrogen) atoms. The molecule has 0 unspecified atom stereocenters. The van der Waals surface area contributed by atoms with E-state index in [-0.39, 0.29) is 18.2 Å². The Kier molecular flexibility index (Phi) is 7.19. The number of amidine groups is 1. The Morgan fingerprint density at radius 2 is 1.97 bits per heavy atom. The number of ether oxygens (including phenoxy) is 2. The number of nitro groups is 1. The van der Waals surface area contributed by atoms with Crippen LogP contribution in [0.4, 0.5) is 5.69 Å². The van der Waals surface area contributed by atoms with Gasteiger partial charge in [-0.1, -0.05) is 11.6 Å². The Morgan fingerprint density at radius 1 is 1.26 bits per heavy atom. The quantitative estimate of drug-likeness (QED) is 0.335. The van der Waals surface area contributed by atoms with Gasteiger partial charge in [-0.3, -0.25) is 24.8 Å². The Labute approximate surface area is 188 Å². The molecule has 1 amide bonds. The molecule has 10 heteroatoms. The number of rotatable bonds is 7. The predicted molar refractivity (Wildman–Crippen MR) is 122 cm³/mol. The Hall–Kier alpha value is -3.04. The number of aliphatic imine (C=N–C) groups is 1. The minimum absolute atomic E-state index is 0.00966. The topological polar surface area (TPSA) is 94.3 Å². The number of benzene rings is 2. The number of likely N-dealkylation sites (N-methyl/N-ethyl adjacent to an activating group) is 1. The Balaban J connectivity index is 1.84. The van der Waals surface area contributed by atoms with Gasteiger partial charge in [-0.2, -0.15) is 0 Å². The zero-order chi connectivity index (χ0) is 22.5. The number of hydrogen-bond donors (Lipinski definition) is 0. The van der Waals surface area contributed by atoms with Crippen LogP contribution in [0.1, 0.15) is 18.1 Å². The smallest absolute Gasteiger partial charge is 0.269 e. The van der Waals surface area contributed by atoms with E-state index in [9.17, 15) is 14.9 Å². The molecule has 0 atom stereocenters. The van der Waals surface area contributed by atoms with Crippen LogP contribution in [-0.4, -0.2) is 41.6 Å². The maximum Gasteiger partial charge on any atom is 0.269 e. The van der Waals surface area contributed by atoms with Gasteiger partial charge in [0.25, 0.3) is 11.6 Å². The lowest BCUT2D eigenvalue weighted by Gasteiger charge is -2.14. The van der Waals surface area contributed by atoms with Gasteiger partial charge in [0.2, 0.25) is 0 Å². The van der Waals surface area contributed by atoms with Crippen LogP contribution in [0, 0.1) is 10.1 Å². The summed E-state index contributed by atoms with van der Waals surface area (Å²) in [6, 6.07) is 9.52. The highest BCUT2D eigenvalue weighted by atomic mass is 35.5. The van der Waals surface area contributed by atoms with Crippen molar-refractivity contribution < 1.29 is 19.2 Å². The lowest BCUT2D eigenvalue weighted by molar-refractivity contribution is -0.384. The first kappa shape index (κ1) is 22.6. The molecule has 0 radical (unpaired) electrons. The summed E-state index contributed by atoms with van der Waals surface area (Å²) >= 11 is 7.75. The summed E-state index contributed by atoms with van der Waals surface area (Å²) in [5, 5.41) is 11.7. The first-order valence-corrected chi connectivity index (χ1v) is 10.5. The standard InChI is InChI=1S/C21H20ClN3O5S/c1-4-29-17-10-14(11-18-20(26)24(3)21(23-2)31-18)9-16(22)19(17)30-12-13-5-7-15(8-6-13)25(27)28/h5-11H,4,12H2,1-3H3/b18-11+,23-21?. The number of thioether (sulfide) groups is 1. The minimum atomic E-state index is -0.456. The highest BCUT2D eigenvalue weighted by molar-refractivity contribution is 8.18. The molecular formula is C21H20ClN3O5S. The molecule has 0 aliphatic carbocycles. The summed E-state index contributed by atoms with van der Waals surface area (Å²) in [7, 11) is 3.31. The number of hydrogen-bond acceptors (Lipinski definition) is 7. The monoisotopic (exact) mass is 461 g/mol. The molecule has 0 N–H and O–H groups in total. The maximum absolute atomic E-state index is 12.4. The fourth-order valence-electron chi connectivity index (χ4n) is 2.84. The third-order valence-electron chi connectivity index (χ3n) is 4.35.